The van der Waals surface area contributed by atoms with Gasteiger partial charge in [-0.1, -0.05) is 17.7 Å². The van der Waals surface area contributed by atoms with Crippen molar-refractivity contribution in [3.05, 3.63) is 29.8 Å². The van der Waals surface area contributed by atoms with Gasteiger partial charge >= 0.3 is 0 Å². The summed E-state index contributed by atoms with van der Waals surface area (Å²) in [5.74, 6) is -0.0356. The van der Waals surface area contributed by atoms with Gasteiger partial charge in [0, 0.05) is 26.6 Å². The molecule has 0 unspecified atom stereocenters. The molecule has 0 heterocycles. The molecule has 7 heteroatoms. The summed E-state index contributed by atoms with van der Waals surface area (Å²) in [6.07, 6.45) is 0.203. The third kappa shape index (κ3) is 4.59. The number of nitrogens with two attached hydrogens (primary N) is 1. The first kappa shape index (κ1) is 16.6. The summed E-state index contributed by atoms with van der Waals surface area (Å²) >= 11 is 0. The minimum absolute atomic E-state index is 0.0356. The molecule has 20 heavy (non-hydrogen) atoms. The second-order valence-electron chi connectivity index (χ2n) is 4.49. The highest BCUT2D eigenvalue weighted by atomic mass is 32.2. The van der Waals surface area contributed by atoms with E-state index in [2.05, 4.69) is 0 Å². The molecule has 0 aliphatic heterocycles. The summed E-state index contributed by atoms with van der Waals surface area (Å²) in [7, 11) is -2.07. The number of ether oxygens (including phenoxy) is 1. The molecular weight excluding hydrogens is 278 g/mol. The van der Waals surface area contributed by atoms with Gasteiger partial charge in [0.25, 0.3) is 0 Å². The number of sulfonamides is 1. The molecular formula is C13H21N3O3S. The summed E-state index contributed by atoms with van der Waals surface area (Å²) in [6.45, 7) is 2.60. The van der Waals surface area contributed by atoms with Crippen molar-refractivity contribution in [3.63, 3.8) is 0 Å². The van der Waals surface area contributed by atoms with E-state index >= 15 is 0 Å². The standard InChI is InChI=1S/C13H21N3O3S/c1-11-3-5-12(6-4-11)20(17,18)16(9-10-19-2)8-7-13(14)15/h3-6H,7-10H2,1-2H3,(H3,14,15). The average molecular weight is 299 g/mol. The van der Waals surface area contributed by atoms with Crippen molar-refractivity contribution in [3.8, 4) is 0 Å². The van der Waals surface area contributed by atoms with Gasteiger partial charge in [0.05, 0.1) is 17.3 Å². The first-order valence-electron chi connectivity index (χ1n) is 6.26. The summed E-state index contributed by atoms with van der Waals surface area (Å²) in [5, 5.41) is 7.23. The molecule has 1 rings (SSSR count). The largest absolute Gasteiger partial charge is 0.388 e. The highest BCUT2D eigenvalue weighted by Gasteiger charge is 2.23. The quantitative estimate of drug-likeness (QED) is 0.552. The van der Waals surface area contributed by atoms with Crippen LogP contribution >= 0.6 is 0 Å². The van der Waals surface area contributed by atoms with E-state index in [0.717, 1.165) is 5.56 Å². The number of rotatable bonds is 8. The van der Waals surface area contributed by atoms with Gasteiger partial charge in [-0.3, -0.25) is 5.41 Å². The third-order valence-electron chi connectivity index (χ3n) is 2.83. The zero-order valence-electron chi connectivity index (χ0n) is 11.8. The van der Waals surface area contributed by atoms with Crippen LogP contribution in [0, 0.1) is 12.3 Å². The molecule has 0 saturated carbocycles. The van der Waals surface area contributed by atoms with E-state index < -0.39 is 10.0 Å². The smallest absolute Gasteiger partial charge is 0.243 e. The van der Waals surface area contributed by atoms with E-state index in [1.165, 1.54) is 11.4 Å². The highest BCUT2D eigenvalue weighted by Crippen LogP contribution is 2.16. The molecule has 0 aromatic heterocycles. The summed E-state index contributed by atoms with van der Waals surface area (Å²) < 4.78 is 31.3. The summed E-state index contributed by atoms with van der Waals surface area (Å²) in [6, 6.07) is 6.68. The lowest BCUT2D eigenvalue weighted by Crippen LogP contribution is -2.36. The number of benzene rings is 1. The lowest BCUT2D eigenvalue weighted by Gasteiger charge is -2.21. The Morgan fingerprint density at radius 3 is 2.40 bits per heavy atom. The van der Waals surface area contributed by atoms with E-state index in [0.29, 0.717) is 6.61 Å². The predicted molar refractivity (Wildman–Crippen MR) is 78.3 cm³/mol. The normalized spacial score (nSPS) is 11.8. The van der Waals surface area contributed by atoms with Crippen molar-refractivity contribution >= 4 is 15.9 Å². The maximum absolute atomic E-state index is 12.5. The Kier molecular flexibility index (Phi) is 6.12. The second-order valence-corrected chi connectivity index (χ2v) is 6.42. The Bertz CT molecular complexity index is 540. The van der Waals surface area contributed by atoms with Crippen molar-refractivity contribution < 1.29 is 13.2 Å². The molecule has 0 bridgehead atoms. The minimum Gasteiger partial charge on any atom is -0.388 e. The van der Waals surface area contributed by atoms with Crippen molar-refractivity contribution in [2.45, 2.75) is 18.2 Å². The molecule has 0 aliphatic carbocycles. The van der Waals surface area contributed by atoms with Crippen LogP contribution in [0.4, 0.5) is 0 Å². The van der Waals surface area contributed by atoms with Crippen LogP contribution in [0.1, 0.15) is 12.0 Å². The van der Waals surface area contributed by atoms with Gasteiger partial charge in [-0.25, -0.2) is 8.42 Å². The SMILES string of the molecule is COCCN(CCC(=N)N)S(=O)(=O)c1ccc(C)cc1. The van der Waals surface area contributed by atoms with Gasteiger partial charge < -0.3 is 10.5 Å². The van der Waals surface area contributed by atoms with Gasteiger partial charge in [0.2, 0.25) is 10.0 Å². The second kappa shape index (κ2) is 7.37. The number of nitrogens with one attached hydrogen (secondary N) is 1. The van der Waals surface area contributed by atoms with Gasteiger partial charge in [0.15, 0.2) is 0 Å². The molecule has 0 fully saturated rings. The summed E-state index contributed by atoms with van der Waals surface area (Å²) in [4.78, 5) is 0.239. The van der Waals surface area contributed by atoms with Crippen LogP contribution in [0.3, 0.4) is 0 Å². The first-order valence-corrected chi connectivity index (χ1v) is 7.70. The van der Waals surface area contributed by atoms with E-state index in [4.69, 9.17) is 15.9 Å². The van der Waals surface area contributed by atoms with E-state index in [1.807, 2.05) is 6.92 Å². The Morgan fingerprint density at radius 1 is 1.30 bits per heavy atom. The molecule has 1 aromatic rings. The number of hydrogen-bond acceptors (Lipinski definition) is 4. The molecule has 0 aliphatic rings. The zero-order valence-corrected chi connectivity index (χ0v) is 12.6. The van der Waals surface area contributed by atoms with Crippen LogP contribution < -0.4 is 5.73 Å². The van der Waals surface area contributed by atoms with Gasteiger partial charge in [-0.2, -0.15) is 4.31 Å². The molecule has 0 radical (unpaired) electrons. The maximum atomic E-state index is 12.5. The number of amidine groups is 1. The Labute approximate surface area is 120 Å². The van der Waals surface area contributed by atoms with E-state index in [9.17, 15) is 8.42 Å². The summed E-state index contributed by atoms with van der Waals surface area (Å²) in [5.41, 5.74) is 6.30. The lowest BCUT2D eigenvalue weighted by atomic mass is 10.2. The number of aryl methyl sites for hydroxylation is 1. The number of nitrogens with zero attached hydrogens (tertiary/aromatic N) is 1. The lowest BCUT2D eigenvalue weighted by molar-refractivity contribution is 0.179. The van der Waals surface area contributed by atoms with Crippen molar-refractivity contribution in [2.24, 2.45) is 5.73 Å². The maximum Gasteiger partial charge on any atom is 0.243 e. The molecule has 0 atom stereocenters. The Hall–Kier alpha value is -1.44. The number of methoxy groups -OCH3 is 1. The molecule has 0 saturated heterocycles. The predicted octanol–water partition coefficient (Wildman–Crippen LogP) is 0.958. The first-order chi connectivity index (χ1) is 9.37. The number of hydrogen-bond donors (Lipinski definition) is 2. The van der Waals surface area contributed by atoms with Gasteiger partial charge in [-0.15, -0.1) is 0 Å². The van der Waals surface area contributed by atoms with Crippen LogP contribution in [0.15, 0.2) is 29.2 Å². The molecule has 0 amide bonds. The minimum atomic E-state index is -3.58. The fourth-order valence-electron chi connectivity index (χ4n) is 1.65. The topological polar surface area (TPSA) is 96.5 Å². The van der Waals surface area contributed by atoms with E-state index in [-0.39, 0.29) is 30.2 Å². The Balaban J connectivity index is 2.96. The van der Waals surface area contributed by atoms with Gasteiger partial charge in [0.1, 0.15) is 0 Å². The fraction of sp³-hybridized carbons (Fsp3) is 0.462. The molecule has 3 N–H and O–H groups in total. The fourth-order valence-corrected chi connectivity index (χ4v) is 3.07. The van der Waals surface area contributed by atoms with Crippen LogP contribution in [-0.2, 0) is 14.8 Å². The van der Waals surface area contributed by atoms with Crippen LogP contribution in [0.25, 0.3) is 0 Å². The zero-order chi connectivity index (χ0) is 15.2. The Morgan fingerprint density at radius 2 is 1.90 bits per heavy atom. The molecule has 112 valence electrons. The molecule has 1 aromatic carbocycles. The van der Waals surface area contributed by atoms with Crippen LogP contribution in [-0.4, -0.2) is 45.4 Å². The average Bonchev–Trinajstić information content (AvgIpc) is 2.38. The molecule has 0 spiro atoms. The van der Waals surface area contributed by atoms with E-state index in [1.54, 1.807) is 24.3 Å². The van der Waals surface area contributed by atoms with Crippen molar-refractivity contribution in [2.75, 3.05) is 26.8 Å². The van der Waals surface area contributed by atoms with Gasteiger partial charge in [-0.05, 0) is 19.1 Å². The third-order valence-corrected chi connectivity index (χ3v) is 4.75. The van der Waals surface area contributed by atoms with Crippen LogP contribution in [0.2, 0.25) is 0 Å². The van der Waals surface area contributed by atoms with Crippen LogP contribution in [0.5, 0.6) is 0 Å². The molecule has 6 nitrogen and oxygen atoms in total. The highest BCUT2D eigenvalue weighted by molar-refractivity contribution is 7.89. The monoisotopic (exact) mass is 299 g/mol. The van der Waals surface area contributed by atoms with Crippen molar-refractivity contribution in [1.29, 1.82) is 5.41 Å². The van der Waals surface area contributed by atoms with Crippen molar-refractivity contribution in [1.82, 2.24) is 4.31 Å².